The van der Waals surface area contributed by atoms with Crippen LogP contribution in [0.25, 0.3) is 0 Å². The van der Waals surface area contributed by atoms with Gasteiger partial charge in [0.15, 0.2) is 6.61 Å². The molecule has 2 rings (SSSR count). The van der Waals surface area contributed by atoms with Crippen LogP contribution in [0.4, 0.5) is 0 Å². The third-order valence-corrected chi connectivity index (χ3v) is 3.36. The number of amides is 1. The van der Waals surface area contributed by atoms with Crippen molar-refractivity contribution in [3.63, 3.8) is 0 Å². The number of carbonyl (C=O) groups is 2. The molecular formula is C17H16ClNO3. The smallest absolute Gasteiger partial charge is 0.310 e. The summed E-state index contributed by atoms with van der Waals surface area (Å²) in [5, 5.41) is 3.19. The Morgan fingerprint density at radius 3 is 2.41 bits per heavy atom. The second-order valence-corrected chi connectivity index (χ2v) is 5.10. The summed E-state index contributed by atoms with van der Waals surface area (Å²) >= 11 is 5.96. The van der Waals surface area contributed by atoms with Crippen LogP contribution in [-0.2, 0) is 27.3 Å². The molecule has 114 valence electrons. The Morgan fingerprint density at radius 1 is 1.00 bits per heavy atom. The van der Waals surface area contributed by atoms with E-state index in [4.69, 9.17) is 16.3 Å². The van der Waals surface area contributed by atoms with E-state index in [0.29, 0.717) is 17.1 Å². The number of benzene rings is 2. The molecule has 0 aromatic heterocycles. The van der Waals surface area contributed by atoms with Crippen LogP contribution >= 0.6 is 11.6 Å². The van der Waals surface area contributed by atoms with Crippen molar-refractivity contribution in [1.29, 1.82) is 0 Å². The van der Waals surface area contributed by atoms with Crippen molar-refractivity contribution in [3.05, 3.63) is 70.7 Å². The Bertz CT molecular complexity index is 643. The molecule has 0 saturated heterocycles. The van der Waals surface area contributed by atoms with Crippen molar-refractivity contribution in [3.8, 4) is 0 Å². The first-order valence-electron chi connectivity index (χ1n) is 6.85. The molecule has 0 aliphatic carbocycles. The van der Waals surface area contributed by atoms with Gasteiger partial charge in [-0.15, -0.1) is 0 Å². The average molecular weight is 318 g/mol. The third-order valence-electron chi connectivity index (χ3n) is 2.99. The number of nitrogens with one attached hydrogen (secondary N) is 1. The lowest BCUT2D eigenvalue weighted by Crippen LogP contribution is -2.28. The minimum Gasteiger partial charge on any atom is -0.455 e. The lowest BCUT2D eigenvalue weighted by molar-refractivity contribution is -0.147. The second-order valence-electron chi connectivity index (χ2n) is 4.69. The number of ether oxygens (including phenoxy) is 1. The van der Waals surface area contributed by atoms with E-state index in [1.807, 2.05) is 30.3 Å². The summed E-state index contributed by atoms with van der Waals surface area (Å²) in [4.78, 5) is 23.3. The Hall–Kier alpha value is -2.33. The normalized spacial score (nSPS) is 10.0. The van der Waals surface area contributed by atoms with Crippen LogP contribution in [0.3, 0.4) is 0 Å². The van der Waals surface area contributed by atoms with Gasteiger partial charge >= 0.3 is 5.97 Å². The lowest BCUT2D eigenvalue weighted by atomic mass is 10.1. The first-order chi connectivity index (χ1) is 10.6. The summed E-state index contributed by atoms with van der Waals surface area (Å²) in [6.45, 7) is 0.109. The van der Waals surface area contributed by atoms with Crippen LogP contribution in [-0.4, -0.2) is 18.5 Å². The predicted molar refractivity (Wildman–Crippen MR) is 84.4 cm³/mol. The van der Waals surface area contributed by atoms with E-state index in [0.717, 1.165) is 5.56 Å². The van der Waals surface area contributed by atoms with Crippen LogP contribution in [0, 0.1) is 0 Å². The van der Waals surface area contributed by atoms with Crippen LogP contribution in [0.2, 0.25) is 5.02 Å². The largest absolute Gasteiger partial charge is 0.455 e. The van der Waals surface area contributed by atoms with Gasteiger partial charge in [0.05, 0.1) is 6.42 Å². The molecule has 0 saturated carbocycles. The third kappa shape index (κ3) is 5.22. The van der Waals surface area contributed by atoms with E-state index in [1.165, 1.54) is 0 Å². The highest BCUT2D eigenvalue weighted by molar-refractivity contribution is 6.31. The highest BCUT2D eigenvalue weighted by atomic mass is 35.5. The number of rotatable bonds is 6. The van der Waals surface area contributed by atoms with Crippen LogP contribution in [0.5, 0.6) is 0 Å². The van der Waals surface area contributed by atoms with Crippen LogP contribution in [0.1, 0.15) is 11.1 Å². The monoisotopic (exact) mass is 317 g/mol. The molecule has 0 atom stereocenters. The summed E-state index contributed by atoms with van der Waals surface area (Å²) in [7, 11) is 0. The molecule has 22 heavy (non-hydrogen) atoms. The molecule has 2 aromatic carbocycles. The summed E-state index contributed by atoms with van der Waals surface area (Å²) in [5.74, 6) is -0.820. The molecule has 1 N–H and O–H groups in total. The fraction of sp³-hybridized carbons (Fsp3) is 0.176. The molecule has 0 radical (unpaired) electrons. The predicted octanol–water partition coefficient (Wildman–Crippen LogP) is 2.74. The number of carbonyl (C=O) groups excluding carboxylic acids is 2. The fourth-order valence-corrected chi connectivity index (χ4v) is 2.04. The van der Waals surface area contributed by atoms with Crippen molar-refractivity contribution < 1.29 is 14.3 Å². The topological polar surface area (TPSA) is 55.4 Å². The maximum Gasteiger partial charge on any atom is 0.310 e. The van der Waals surface area contributed by atoms with Gasteiger partial charge in [-0.05, 0) is 17.2 Å². The van der Waals surface area contributed by atoms with E-state index < -0.39 is 5.97 Å². The zero-order chi connectivity index (χ0) is 15.8. The molecule has 5 heteroatoms. The highest BCUT2D eigenvalue weighted by Crippen LogP contribution is 2.15. The second kappa shape index (κ2) is 8.20. The van der Waals surface area contributed by atoms with Crippen LogP contribution < -0.4 is 5.32 Å². The van der Waals surface area contributed by atoms with E-state index in [9.17, 15) is 9.59 Å². The van der Waals surface area contributed by atoms with E-state index in [2.05, 4.69) is 5.32 Å². The van der Waals surface area contributed by atoms with Gasteiger partial charge in [-0.25, -0.2) is 0 Å². The minimum atomic E-state index is -0.483. The van der Waals surface area contributed by atoms with Gasteiger partial charge in [-0.3, -0.25) is 9.59 Å². The van der Waals surface area contributed by atoms with E-state index >= 15 is 0 Å². The van der Waals surface area contributed by atoms with Gasteiger partial charge in [-0.2, -0.15) is 0 Å². The maximum atomic E-state index is 11.7. The summed E-state index contributed by atoms with van der Waals surface area (Å²) in [6.07, 6.45) is 0.0473. The van der Waals surface area contributed by atoms with Crippen LogP contribution in [0.15, 0.2) is 54.6 Å². The molecule has 0 fully saturated rings. The SMILES string of the molecule is O=C(COC(=O)Cc1ccccc1Cl)NCc1ccccc1. The van der Waals surface area contributed by atoms with Gasteiger partial charge in [0.1, 0.15) is 0 Å². The molecule has 1 amide bonds. The van der Waals surface area contributed by atoms with Crippen molar-refractivity contribution in [1.82, 2.24) is 5.32 Å². The zero-order valence-electron chi connectivity index (χ0n) is 11.9. The zero-order valence-corrected chi connectivity index (χ0v) is 12.7. The Morgan fingerprint density at radius 2 is 1.68 bits per heavy atom. The molecule has 0 aliphatic rings. The molecule has 4 nitrogen and oxygen atoms in total. The minimum absolute atomic E-state index is 0.0473. The molecular weight excluding hydrogens is 302 g/mol. The first kappa shape index (κ1) is 16.0. The van der Waals surface area contributed by atoms with Gasteiger partial charge in [-0.1, -0.05) is 60.1 Å². The number of hydrogen-bond donors (Lipinski definition) is 1. The summed E-state index contributed by atoms with van der Waals surface area (Å²) in [5.41, 5.74) is 1.66. The Balaban J connectivity index is 1.72. The molecule has 0 aliphatic heterocycles. The van der Waals surface area contributed by atoms with Gasteiger partial charge in [0.25, 0.3) is 5.91 Å². The first-order valence-corrected chi connectivity index (χ1v) is 7.22. The highest BCUT2D eigenvalue weighted by Gasteiger charge is 2.10. The maximum absolute atomic E-state index is 11.7. The van der Waals surface area contributed by atoms with E-state index in [1.54, 1.807) is 24.3 Å². The van der Waals surface area contributed by atoms with E-state index in [-0.39, 0.29) is 18.9 Å². The van der Waals surface area contributed by atoms with Crippen molar-refractivity contribution in [2.24, 2.45) is 0 Å². The average Bonchev–Trinajstić information content (AvgIpc) is 2.54. The fourth-order valence-electron chi connectivity index (χ4n) is 1.84. The Kier molecular flexibility index (Phi) is 5.98. The quantitative estimate of drug-likeness (QED) is 0.833. The lowest BCUT2D eigenvalue weighted by Gasteiger charge is -2.07. The van der Waals surface area contributed by atoms with Gasteiger partial charge < -0.3 is 10.1 Å². The molecule has 0 spiro atoms. The number of hydrogen-bond acceptors (Lipinski definition) is 3. The molecule has 0 unspecified atom stereocenters. The number of halogens is 1. The van der Waals surface area contributed by atoms with Crippen molar-refractivity contribution in [2.75, 3.05) is 6.61 Å². The van der Waals surface area contributed by atoms with Gasteiger partial charge in [0.2, 0.25) is 0 Å². The summed E-state index contributed by atoms with van der Waals surface area (Å²) in [6, 6.07) is 16.5. The van der Waals surface area contributed by atoms with Crippen molar-refractivity contribution in [2.45, 2.75) is 13.0 Å². The standard InChI is InChI=1S/C17H16ClNO3/c18-15-9-5-4-8-14(15)10-17(21)22-12-16(20)19-11-13-6-2-1-3-7-13/h1-9H,10-12H2,(H,19,20). The summed E-state index contributed by atoms with van der Waals surface area (Å²) < 4.78 is 4.94. The van der Waals surface area contributed by atoms with Crippen molar-refractivity contribution >= 4 is 23.5 Å². The molecule has 0 heterocycles. The molecule has 2 aromatic rings. The molecule has 0 bridgehead atoms. The Labute approximate surface area is 134 Å². The number of esters is 1. The van der Waals surface area contributed by atoms with Gasteiger partial charge in [0, 0.05) is 11.6 Å².